The number of thioether (sulfide) groups is 1. The largest absolute Gasteiger partial charge is 0.318 e. The Balaban J connectivity index is 1.84. The molecule has 0 fully saturated rings. The van der Waals surface area contributed by atoms with Crippen molar-refractivity contribution in [3.05, 3.63) is 51.9 Å². The number of benzene rings is 2. The Labute approximate surface area is 127 Å². The van der Waals surface area contributed by atoms with E-state index in [1.807, 2.05) is 12.1 Å². The minimum absolute atomic E-state index is 0.783. The van der Waals surface area contributed by atoms with Gasteiger partial charge < -0.3 is 4.90 Å². The molecule has 0 atom stereocenters. The van der Waals surface area contributed by atoms with Crippen LogP contribution in [-0.4, -0.2) is 23.2 Å². The molecule has 2 heterocycles. The van der Waals surface area contributed by atoms with Crippen LogP contribution in [0.1, 0.15) is 12.5 Å². The van der Waals surface area contributed by atoms with E-state index in [1.165, 1.54) is 26.9 Å². The van der Waals surface area contributed by atoms with Gasteiger partial charge in [-0.1, -0.05) is 41.6 Å². The number of halogens is 1. The zero-order valence-corrected chi connectivity index (χ0v) is 12.6. The van der Waals surface area contributed by atoms with Crippen molar-refractivity contribution in [3.8, 4) is 0 Å². The highest BCUT2D eigenvalue weighted by Gasteiger charge is 2.30. The normalized spacial score (nSPS) is 17.9. The Hall–Kier alpha value is -1.45. The first kappa shape index (κ1) is 12.3. The molecule has 0 saturated heterocycles. The third-order valence-corrected chi connectivity index (χ3v) is 4.99. The number of nitrogens with zero attached hydrogens (tertiary/aromatic N) is 2. The molecule has 2 aromatic carbocycles. The van der Waals surface area contributed by atoms with Gasteiger partial charge in [0, 0.05) is 16.5 Å². The number of fused-ring (bicyclic) bond motifs is 2. The second-order valence-electron chi connectivity index (χ2n) is 5.03. The van der Waals surface area contributed by atoms with E-state index in [2.05, 4.69) is 41.1 Å². The van der Waals surface area contributed by atoms with Gasteiger partial charge >= 0.3 is 0 Å². The van der Waals surface area contributed by atoms with Crippen LogP contribution >= 0.6 is 23.4 Å². The highest BCUT2D eigenvalue weighted by Crippen LogP contribution is 2.41. The third-order valence-electron chi connectivity index (χ3n) is 3.73. The first-order valence-corrected chi connectivity index (χ1v) is 7.82. The zero-order valence-electron chi connectivity index (χ0n) is 11.1. The van der Waals surface area contributed by atoms with Crippen molar-refractivity contribution < 1.29 is 0 Å². The SMILES string of the molecule is CC1=C(c2ccc3cc(Cl)ccc3c2)N2CCN=C2S1. The molecule has 0 aliphatic carbocycles. The maximum absolute atomic E-state index is 6.05. The predicted octanol–water partition coefficient (Wildman–Crippen LogP) is 4.60. The molecule has 0 spiro atoms. The van der Waals surface area contributed by atoms with E-state index in [0.717, 1.165) is 23.3 Å². The van der Waals surface area contributed by atoms with Crippen LogP contribution in [-0.2, 0) is 0 Å². The van der Waals surface area contributed by atoms with Gasteiger partial charge in [-0.15, -0.1) is 0 Å². The maximum atomic E-state index is 6.05. The van der Waals surface area contributed by atoms with E-state index in [9.17, 15) is 0 Å². The fraction of sp³-hybridized carbons (Fsp3) is 0.188. The van der Waals surface area contributed by atoms with E-state index in [4.69, 9.17) is 11.6 Å². The van der Waals surface area contributed by atoms with Crippen LogP contribution in [0, 0.1) is 0 Å². The number of rotatable bonds is 1. The highest BCUT2D eigenvalue weighted by molar-refractivity contribution is 8.17. The standard InChI is InChI=1S/C16H13ClN2S/c1-10-15(19-7-6-18-16(19)20-10)13-3-2-12-9-14(17)5-4-11(12)8-13/h2-5,8-9H,6-7H2,1H3. The molecule has 0 aromatic heterocycles. The molecule has 0 saturated carbocycles. The average molecular weight is 301 g/mol. The van der Waals surface area contributed by atoms with E-state index in [-0.39, 0.29) is 0 Å². The van der Waals surface area contributed by atoms with Crippen LogP contribution in [0.3, 0.4) is 0 Å². The molecule has 0 radical (unpaired) electrons. The summed E-state index contributed by atoms with van der Waals surface area (Å²) >= 11 is 7.83. The van der Waals surface area contributed by atoms with Crippen LogP contribution in [0.4, 0.5) is 0 Å². The average Bonchev–Trinajstić information content (AvgIpc) is 2.98. The number of hydrogen-bond donors (Lipinski definition) is 0. The highest BCUT2D eigenvalue weighted by atomic mass is 35.5. The van der Waals surface area contributed by atoms with Gasteiger partial charge in [0.05, 0.1) is 12.2 Å². The van der Waals surface area contributed by atoms with Gasteiger partial charge in [0.15, 0.2) is 5.17 Å². The second-order valence-corrected chi connectivity index (χ2v) is 6.65. The van der Waals surface area contributed by atoms with E-state index in [0.29, 0.717) is 0 Å². The van der Waals surface area contributed by atoms with Gasteiger partial charge in [0.2, 0.25) is 0 Å². The number of hydrogen-bond acceptors (Lipinski definition) is 3. The van der Waals surface area contributed by atoms with Crippen molar-refractivity contribution in [1.82, 2.24) is 4.90 Å². The fourth-order valence-electron chi connectivity index (χ4n) is 2.82. The molecule has 4 rings (SSSR count). The Morgan fingerprint density at radius 3 is 2.85 bits per heavy atom. The Bertz CT molecular complexity index is 779. The van der Waals surface area contributed by atoms with Gasteiger partial charge in [0.25, 0.3) is 0 Å². The molecular formula is C16H13ClN2S. The summed E-state index contributed by atoms with van der Waals surface area (Å²) in [7, 11) is 0. The van der Waals surface area contributed by atoms with Crippen LogP contribution in [0.2, 0.25) is 5.02 Å². The summed E-state index contributed by atoms with van der Waals surface area (Å²) in [5, 5.41) is 4.34. The molecule has 2 nitrogen and oxygen atoms in total. The van der Waals surface area contributed by atoms with Crippen LogP contribution in [0.5, 0.6) is 0 Å². The van der Waals surface area contributed by atoms with Crippen LogP contribution < -0.4 is 0 Å². The van der Waals surface area contributed by atoms with Crippen molar-refractivity contribution in [2.75, 3.05) is 13.1 Å². The molecule has 100 valence electrons. The Morgan fingerprint density at radius 1 is 1.15 bits per heavy atom. The summed E-state index contributed by atoms with van der Waals surface area (Å²) in [6.07, 6.45) is 0. The molecule has 20 heavy (non-hydrogen) atoms. The van der Waals surface area contributed by atoms with Crippen molar-refractivity contribution in [3.63, 3.8) is 0 Å². The summed E-state index contributed by atoms with van der Waals surface area (Å²) < 4.78 is 0. The molecular weight excluding hydrogens is 288 g/mol. The molecule has 0 N–H and O–H groups in total. The first-order chi connectivity index (χ1) is 9.72. The summed E-state index contributed by atoms with van der Waals surface area (Å²) in [5.74, 6) is 0. The van der Waals surface area contributed by atoms with E-state index in [1.54, 1.807) is 11.8 Å². The zero-order chi connectivity index (χ0) is 13.7. The van der Waals surface area contributed by atoms with Gasteiger partial charge in [-0.25, -0.2) is 0 Å². The lowest BCUT2D eigenvalue weighted by Gasteiger charge is -2.17. The molecule has 2 aliphatic heterocycles. The van der Waals surface area contributed by atoms with Crippen molar-refractivity contribution >= 4 is 45.0 Å². The van der Waals surface area contributed by atoms with Crippen LogP contribution in [0.15, 0.2) is 46.3 Å². The molecule has 2 aliphatic rings. The summed E-state index contributed by atoms with van der Waals surface area (Å²) in [6, 6.07) is 12.6. The summed E-state index contributed by atoms with van der Waals surface area (Å²) in [4.78, 5) is 8.20. The van der Waals surface area contributed by atoms with Crippen molar-refractivity contribution in [1.29, 1.82) is 0 Å². The minimum Gasteiger partial charge on any atom is -0.318 e. The van der Waals surface area contributed by atoms with Gasteiger partial charge in [0.1, 0.15) is 0 Å². The number of aliphatic imine (C=N–C) groups is 1. The molecule has 0 bridgehead atoms. The van der Waals surface area contributed by atoms with Gasteiger partial charge in [-0.3, -0.25) is 4.99 Å². The Morgan fingerprint density at radius 2 is 1.95 bits per heavy atom. The first-order valence-electron chi connectivity index (χ1n) is 6.63. The lowest BCUT2D eigenvalue weighted by atomic mass is 10.0. The second kappa shape index (κ2) is 4.54. The minimum atomic E-state index is 0.783. The van der Waals surface area contributed by atoms with E-state index < -0.39 is 0 Å². The summed E-state index contributed by atoms with van der Waals surface area (Å²) in [6.45, 7) is 4.07. The lowest BCUT2D eigenvalue weighted by Crippen LogP contribution is -2.19. The number of allylic oxidation sites excluding steroid dienone is 1. The third kappa shape index (κ3) is 1.85. The maximum Gasteiger partial charge on any atom is 0.168 e. The Kier molecular flexibility index (Phi) is 2.79. The molecule has 0 unspecified atom stereocenters. The number of amidine groups is 1. The fourth-order valence-corrected chi connectivity index (χ4v) is 4.05. The molecule has 4 heteroatoms. The van der Waals surface area contributed by atoms with E-state index >= 15 is 0 Å². The monoisotopic (exact) mass is 300 g/mol. The van der Waals surface area contributed by atoms with Crippen molar-refractivity contribution in [2.45, 2.75) is 6.92 Å². The van der Waals surface area contributed by atoms with Crippen molar-refractivity contribution in [2.24, 2.45) is 4.99 Å². The quantitative estimate of drug-likeness (QED) is 0.765. The van der Waals surface area contributed by atoms with Gasteiger partial charge in [-0.2, -0.15) is 0 Å². The molecule has 0 amide bonds. The predicted molar refractivity (Wildman–Crippen MR) is 88.2 cm³/mol. The summed E-state index contributed by atoms with van der Waals surface area (Å²) in [5.41, 5.74) is 2.57. The lowest BCUT2D eigenvalue weighted by molar-refractivity contribution is 0.648. The van der Waals surface area contributed by atoms with Crippen LogP contribution in [0.25, 0.3) is 16.5 Å². The smallest absolute Gasteiger partial charge is 0.168 e. The van der Waals surface area contributed by atoms with Gasteiger partial charge in [-0.05, 0) is 41.5 Å². The topological polar surface area (TPSA) is 15.6 Å². The molecule has 2 aromatic rings.